The Kier molecular flexibility index (Phi) is 5.50. The van der Waals surface area contributed by atoms with Gasteiger partial charge >= 0.3 is 0 Å². The Morgan fingerprint density at radius 1 is 1.07 bits per heavy atom. The van der Waals surface area contributed by atoms with Gasteiger partial charge in [0, 0.05) is 10.7 Å². The molecular weight excluding hydrogens is 398 g/mol. The first-order valence-corrected chi connectivity index (χ1v) is 10.3. The van der Waals surface area contributed by atoms with Crippen LogP contribution < -0.4 is 5.32 Å². The molecule has 0 aliphatic heterocycles. The van der Waals surface area contributed by atoms with Crippen molar-refractivity contribution in [3.8, 4) is 11.1 Å². The lowest BCUT2D eigenvalue weighted by atomic mass is 10.0. The third-order valence-corrected chi connectivity index (χ3v) is 5.36. The number of hydrogen-bond acceptors (Lipinski definition) is 4. The van der Waals surface area contributed by atoms with Crippen LogP contribution in [0.1, 0.15) is 41.3 Å². The SMILES string of the molecule is CCc1ccc(NC(=O)c2nnc3c(-c4cccc(Cl)c4)c(CC)nn3c2C)cc1. The number of aromatic nitrogens is 4. The molecule has 0 aliphatic carbocycles. The molecular formula is C23H22ClN5O. The molecule has 2 aromatic carbocycles. The van der Waals surface area contributed by atoms with E-state index in [0.717, 1.165) is 29.7 Å². The van der Waals surface area contributed by atoms with Gasteiger partial charge < -0.3 is 5.32 Å². The standard InChI is InChI=1S/C23H22ClN5O/c1-4-15-9-11-18(12-10-15)25-23(30)21-14(3)29-22(27-26-21)20(19(5-2)28-29)16-7-6-8-17(24)13-16/h6-13H,4-5H2,1-3H3,(H,25,30). The Bertz CT molecular complexity index is 1230. The highest BCUT2D eigenvalue weighted by Crippen LogP contribution is 2.30. The van der Waals surface area contributed by atoms with Crippen LogP contribution in [0, 0.1) is 6.92 Å². The van der Waals surface area contributed by atoms with E-state index in [9.17, 15) is 4.79 Å². The van der Waals surface area contributed by atoms with Crippen LogP contribution in [0.4, 0.5) is 5.69 Å². The summed E-state index contributed by atoms with van der Waals surface area (Å²) in [6.45, 7) is 5.95. The maximum Gasteiger partial charge on any atom is 0.278 e. The van der Waals surface area contributed by atoms with Crippen molar-refractivity contribution >= 4 is 28.8 Å². The first-order chi connectivity index (χ1) is 14.5. The molecule has 2 aromatic heterocycles. The fourth-order valence-corrected chi connectivity index (χ4v) is 3.65. The third-order valence-electron chi connectivity index (χ3n) is 5.12. The van der Waals surface area contributed by atoms with Crippen molar-refractivity contribution in [1.29, 1.82) is 0 Å². The van der Waals surface area contributed by atoms with Gasteiger partial charge in [-0.05, 0) is 55.2 Å². The highest BCUT2D eigenvalue weighted by atomic mass is 35.5. The van der Waals surface area contributed by atoms with Crippen LogP contribution in [-0.2, 0) is 12.8 Å². The van der Waals surface area contributed by atoms with Crippen molar-refractivity contribution in [3.63, 3.8) is 0 Å². The molecule has 0 saturated heterocycles. The molecule has 2 heterocycles. The number of hydrogen-bond donors (Lipinski definition) is 1. The number of anilines is 1. The molecule has 0 atom stereocenters. The zero-order chi connectivity index (χ0) is 21.3. The first-order valence-electron chi connectivity index (χ1n) is 9.93. The maximum absolute atomic E-state index is 12.8. The average Bonchev–Trinajstić information content (AvgIpc) is 3.14. The molecule has 4 rings (SSSR count). The number of carbonyl (C=O) groups excluding carboxylic acids is 1. The van der Waals surface area contributed by atoms with Crippen LogP contribution in [-0.4, -0.2) is 25.7 Å². The number of fused-ring (bicyclic) bond motifs is 1. The Labute approximate surface area is 179 Å². The Morgan fingerprint density at radius 2 is 1.83 bits per heavy atom. The van der Waals surface area contributed by atoms with E-state index in [1.807, 2.05) is 62.4 Å². The molecule has 0 bridgehead atoms. The number of nitrogens with one attached hydrogen (secondary N) is 1. The van der Waals surface area contributed by atoms with Gasteiger partial charge in [0.1, 0.15) is 0 Å². The number of amides is 1. The minimum atomic E-state index is -0.316. The molecule has 0 saturated carbocycles. The summed E-state index contributed by atoms with van der Waals surface area (Å²) >= 11 is 6.19. The molecule has 7 heteroatoms. The largest absolute Gasteiger partial charge is 0.321 e. The Morgan fingerprint density at radius 3 is 2.50 bits per heavy atom. The second kappa shape index (κ2) is 8.24. The van der Waals surface area contributed by atoms with E-state index in [4.69, 9.17) is 16.7 Å². The van der Waals surface area contributed by atoms with E-state index in [-0.39, 0.29) is 11.6 Å². The van der Waals surface area contributed by atoms with Crippen LogP contribution in [0.2, 0.25) is 5.02 Å². The fraction of sp³-hybridized carbons (Fsp3) is 0.217. The third kappa shape index (κ3) is 3.66. The van der Waals surface area contributed by atoms with Gasteiger partial charge in [-0.15, -0.1) is 10.2 Å². The monoisotopic (exact) mass is 419 g/mol. The predicted octanol–water partition coefficient (Wildman–Crippen LogP) is 5.13. The highest BCUT2D eigenvalue weighted by molar-refractivity contribution is 6.30. The van der Waals surface area contributed by atoms with Crippen molar-refractivity contribution < 1.29 is 4.79 Å². The number of rotatable bonds is 5. The summed E-state index contributed by atoms with van der Waals surface area (Å²) in [4.78, 5) is 12.8. The van der Waals surface area contributed by atoms with E-state index >= 15 is 0 Å². The summed E-state index contributed by atoms with van der Waals surface area (Å²) in [6, 6.07) is 15.3. The zero-order valence-corrected chi connectivity index (χ0v) is 17.9. The van der Waals surface area contributed by atoms with Crippen molar-refractivity contribution in [2.75, 3.05) is 5.32 Å². The molecule has 152 valence electrons. The number of aryl methyl sites for hydroxylation is 3. The second-order valence-electron chi connectivity index (χ2n) is 7.06. The fourth-order valence-electron chi connectivity index (χ4n) is 3.46. The molecule has 0 radical (unpaired) electrons. The summed E-state index contributed by atoms with van der Waals surface area (Å²) in [5.74, 6) is -0.316. The van der Waals surface area contributed by atoms with E-state index in [0.29, 0.717) is 22.1 Å². The topological polar surface area (TPSA) is 72.2 Å². The highest BCUT2D eigenvalue weighted by Gasteiger charge is 2.21. The molecule has 6 nitrogen and oxygen atoms in total. The molecule has 30 heavy (non-hydrogen) atoms. The lowest BCUT2D eigenvalue weighted by molar-refractivity contribution is 0.102. The minimum absolute atomic E-state index is 0.241. The van der Waals surface area contributed by atoms with E-state index < -0.39 is 0 Å². The van der Waals surface area contributed by atoms with E-state index in [2.05, 4.69) is 22.4 Å². The van der Waals surface area contributed by atoms with E-state index in [1.54, 1.807) is 4.52 Å². The van der Waals surface area contributed by atoms with E-state index in [1.165, 1.54) is 5.56 Å². The van der Waals surface area contributed by atoms with Gasteiger partial charge in [0.15, 0.2) is 11.3 Å². The smallest absolute Gasteiger partial charge is 0.278 e. The summed E-state index contributed by atoms with van der Waals surface area (Å²) < 4.78 is 1.69. The minimum Gasteiger partial charge on any atom is -0.321 e. The van der Waals surface area contributed by atoms with Gasteiger partial charge in [-0.3, -0.25) is 4.79 Å². The number of halogens is 1. The van der Waals surface area contributed by atoms with Gasteiger partial charge in [0.2, 0.25) is 0 Å². The summed E-state index contributed by atoms with van der Waals surface area (Å²) in [5.41, 5.74) is 6.10. The van der Waals surface area contributed by atoms with Gasteiger partial charge in [0.25, 0.3) is 5.91 Å². The molecule has 0 aliphatic rings. The Hall–Kier alpha value is -3.25. The first kappa shape index (κ1) is 20.0. The van der Waals surface area contributed by atoms with Gasteiger partial charge in [-0.1, -0.05) is 49.7 Å². The van der Waals surface area contributed by atoms with Crippen molar-refractivity contribution in [1.82, 2.24) is 19.8 Å². The second-order valence-corrected chi connectivity index (χ2v) is 7.50. The van der Waals surface area contributed by atoms with Crippen LogP contribution >= 0.6 is 11.6 Å². The summed E-state index contributed by atoms with van der Waals surface area (Å²) in [6.07, 6.45) is 1.67. The Balaban J connectivity index is 1.74. The molecule has 0 fully saturated rings. The number of nitrogens with zero attached hydrogens (tertiary/aromatic N) is 4. The van der Waals surface area contributed by atoms with Gasteiger partial charge in [0.05, 0.1) is 17.0 Å². The molecule has 1 N–H and O–H groups in total. The summed E-state index contributed by atoms with van der Waals surface area (Å²) in [7, 11) is 0. The van der Waals surface area contributed by atoms with Crippen molar-refractivity contribution in [3.05, 3.63) is 76.2 Å². The van der Waals surface area contributed by atoms with Crippen LogP contribution in [0.25, 0.3) is 16.8 Å². The lowest BCUT2D eigenvalue weighted by Gasteiger charge is -2.08. The predicted molar refractivity (Wildman–Crippen MR) is 119 cm³/mol. The molecule has 1 amide bonds. The summed E-state index contributed by atoms with van der Waals surface area (Å²) in [5, 5.41) is 16.8. The van der Waals surface area contributed by atoms with Crippen molar-refractivity contribution in [2.24, 2.45) is 0 Å². The number of carbonyl (C=O) groups is 1. The molecule has 0 unspecified atom stereocenters. The number of benzene rings is 2. The zero-order valence-electron chi connectivity index (χ0n) is 17.1. The molecule has 0 spiro atoms. The average molecular weight is 420 g/mol. The van der Waals surface area contributed by atoms with Crippen LogP contribution in [0.15, 0.2) is 48.5 Å². The van der Waals surface area contributed by atoms with Gasteiger partial charge in [-0.2, -0.15) is 5.10 Å². The lowest BCUT2D eigenvalue weighted by Crippen LogP contribution is -2.18. The molecule has 4 aromatic rings. The van der Waals surface area contributed by atoms with Crippen molar-refractivity contribution in [2.45, 2.75) is 33.6 Å². The van der Waals surface area contributed by atoms with Gasteiger partial charge in [-0.25, -0.2) is 4.52 Å². The maximum atomic E-state index is 12.8. The van der Waals surface area contributed by atoms with Crippen LogP contribution in [0.3, 0.4) is 0 Å². The quantitative estimate of drug-likeness (QED) is 0.486. The normalized spacial score (nSPS) is 11.1. The van der Waals surface area contributed by atoms with Crippen LogP contribution in [0.5, 0.6) is 0 Å².